The number of piperidine rings is 1. The number of rotatable bonds is 10. The van der Waals surface area contributed by atoms with Gasteiger partial charge in [-0.25, -0.2) is 8.42 Å². The van der Waals surface area contributed by atoms with Gasteiger partial charge < -0.3 is 27.0 Å². The van der Waals surface area contributed by atoms with E-state index in [1.807, 2.05) is 31.1 Å². The number of nitrogens with zero attached hydrogens (tertiary/aromatic N) is 3. The van der Waals surface area contributed by atoms with Gasteiger partial charge in [0.1, 0.15) is 12.1 Å². The molecule has 0 saturated carbocycles. The van der Waals surface area contributed by atoms with Crippen molar-refractivity contribution in [1.82, 2.24) is 9.62 Å². The highest BCUT2D eigenvalue weighted by atomic mass is 32.2. The summed E-state index contributed by atoms with van der Waals surface area (Å²) in [7, 11) is -0.356. The number of carbonyl (C=O) groups is 2. The van der Waals surface area contributed by atoms with Crippen molar-refractivity contribution >= 4 is 44.3 Å². The smallest absolute Gasteiger partial charge is 0.241 e. The highest BCUT2D eigenvalue weighted by Crippen LogP contribution is 2.30. The lowest BCUT2D eigenvalue weighted by Crippen LogP contribution is -2.56. The van der Waals surface area contributed by atoms with E-state index in [2.05, 4.69) is 9.71 Å². The average molecular weight is 518 g/mol. The third-order valence-corrected chi connectivity index (χ3v) is 7.82. The first-order valence-corrected chi connectivity index (χ1v) is 13.4. The predicted molar refractivity (Wildman–Crippen MR) is 141 cm³/mol. The molecule has 0 bridgehead atoms. The number of amides is 2. The van der Waals surface area contributed by atoms with Crippen LogP contribution in [0.5, 0.6) is 0 Å². The van der Waals surface area contributed by atoms with Crippen LogP contribution in [-0.4, -0.2) is 70.4 Å². The number of guanidine groups is 1. The van der Waals surface area contributed by atoms with Gasteiger partial charge in [0, 0.05) is 43.6 Å². The summed E-state index contributed by atoms with van der Waals surface area (Å²) < 4.78 is 29.9. The Bertz CT molecular complexity index is 1240. The Morgan fingerprint density at radius 2 is 1.81 bits per heavy atom. The van der Waals surface area contributed by atoms with E-state index in [-0.39, 0.29) is 23.8 Å². The second-order valence-corrected chi connectivity index (χ2v) is 10.8. The van der Waals surface area contributed by atoms with Crippen LogP contribution in [0, 0.1) is 0 Å². The lowest BCUT2D eigenvalue weighted by molar-refractivity contribution is -0.142. The van der Waals surface area contributed by atoms with Crippen LogP contribution in [0.3, 0.4) is 0 Å². The summed E-state index contributed by atoms with van der Waals surface area (Å²) >= 11 is 0. The number of likely N-dealkylation sites (tertiary alicyclic amines) is 1. The van der Waals surface area contributed by atoms with E-state index < -0.39 is 33.9 Å². The molecule has 2 atom stereocenters. The van der Waals surface area contributed by atoms with Crippen LogP contribution in [0.1, 0.15) is 32.1 Å². The average Bonchev–Trinajstić information content (AvgIpc) is 2.84. The van der Waals surface area contributed by atoms with Gasteiger partial charge in [-0.1, -0.05) is 24.3 Å². The number of primary amides is 1. The molecule has 11 nitrogen and oxygen atoms in total. The van der Waals surface area contributed by atoms with Crippen molar-refractivity contribution in [3.63, 3.8) is 0 Å². The molecule has 0 spiro atoms. The molecule has 0 unspecified atom stereocenters. The molecule has 7 N–H and O–H groups in total. The fourth-order valence-corrected chi connectivity index (χ4v) is 6.01. The van der Waals surface area contributed by atoms with E-state index in [0.29, 0.717) is 31.2 Å². The zero-order chi connectivity index (χ0) is 26.5. The van der Waals surface area contributed by atoms with Crippen LogP contribution in [0.2, 0.25) is 0 Å². The van der Waals surface area contributed by atoms with Crippen LogP contribution in [0.15, 0.2) is 46.3 Å². The van der Waals surface area contributed by atoms with Gasteiger partial charge in [0.2, 0.25) is 21.8 Å². The number of aliphatic imine (C=N–C) groups is 1. The second-order valence-electron chi connectivity index (χ2n) is 9.09. The molecule has 0 radical (unpaired) electrons. The highest BCUT2D eigenvalue weighted by Gasteiger charge is 2.36. The molecule has 12 heteroatoms. The number of benzene rings is 2. The number of fused-ring (bicyclic) bond motifs is 1. The van der Waals surface area contributed by atoms with Crippen molar-refractivity contribution < 1.29 is 18.0 Å². The number of nitrogens with one attached hydrogen (secondary N) is 1. The van der Waals surface area contributed by atoms with E-state index in [0.717, 1.165) is 17.5 Å². The number of anilines is 1. The molecule has 2 amide bonds. The molecular formula is C24H35N7O4S. The topological polar surface area (TPSA) is 177 Å². The zero-order valence-electron chi connectivity index (χ0n) is 20.7. The first-order chi connectivity index (χ1) is 17.0. The van der Waals surface area contributed by atoms with E-state index in [1.54, 1.807) is 18.2 Å². The zero-order valence-corrected chi connectivity index (χ0v) is 21.5. The molecule has 1 aliphatic rings. The number of hydrogen-bond donors (Lipinski definition) is 4. The summed E-state index contributed by atoms with van der Waals surface area (Å²) in [5.41, 5.74) is 17.2. The summed E-state index contributed by atoms with van der Waals surface area (Å²) in [6.45, 7) is 0.562. The molecule has 1 saturated heterocycles. The Labute approximate surface area is 211 Å². The van der Waals surface area contributed by atoms with Crippen molar-refractivity contribution in [2.45, 2.75) is 49.1 Å². The number of nitrogens with two attached hydrogens (primary N) is 3. The third kappa shape index (κ3) is 6.24. The van der Waals surface area contributed by atoms with Gasteiger partial charge in [-0.15, -0.1) is 0 Å². The summed E-state index contributed by atoms with van der Waals surface area (Å²) in [5, 5.41) is 1.31. The van der Waals surface area contributed by atoms with E-state index in [4.69, 9.17) is 17.2 Å². The molecule has 1 aliphatic heterocycles. The minimum Gasteiger partial charge on any atom is -0.377 e. The van der Waals surface area contributed by atoms with Crippen LogP contribution < -0.4 is 26.8 Å². The number of carbonyl (C=O) groups excluding carboxylic acids is 2. The summed E-state index contributed by atoms with van der Waals surface area (Å²) in [4.78, 5) is 32.9. The summed E-state index contributed by atoms with van der Waals surface area (Å²) in [6, 6.07) is 8.59. The molecule has 2 aromatic carbocycles. The molecule has 2 aromatic rings. The van der Waals surface area contributed by atoms with Gasteiger partial charge in [0.15, 0.2) is 5.96 Å². The minimum atomic E-state index is -4.12. The fraction of sp³-hybridized carbons (Fsp3) is 0.458. The quantitative estimate of drug-likeness (QED) is 0.201. The summed E-state index contributed by atoms with van der Waals surface area (Å²) in [6.07, 6.45) is 2.42. The minimum absolute atomic E-state index is 0.0656. The molecular weight excluding hydrogens is 482 g/mol. The summed E-state index contributed by atoms with van der Waals surface area (Å²) in [5.74, 6) is -1.17. The van der Waals surface area contributed by atoms with Crippen LogP contribution in [0.4, 0.5) is 5.69 Å². The van der Waals surface area contributed by atoms with Crippen molar-refractivity contribution in [2.75, 3.05) is 32.1 Å². The first-order valence-electron chi connectivity index (χ1n) is 11.9. The van der Waals surface area contributed by atoms with Gasteiger partial charge in [0.05, 0.1) is 4.90 Å². The number of sulfonamides is 1. The van der Waals surface area contributed by atoms with E-state index in [1.165, 1.54) is 11.0 Å². The van der Waals surface area contributed by atoms with Crippen LogP contribution in [-0.2, 0) is 19.6 Å². The largest absolute Gasteiger partial charge is 0.377 e. The second kappa shape index (κ2) is 11.6. The lowest BCUT2D eigenvalue weighted by Gasteiger charge is -2.36. The van der Waals surface area contributed by atoms with Crippen molar-refractivity contribution in [1.29, 1.82) is 0 Å². The van der Waals surface area contributed by atoms with Crippen LogP contribution >= 0.6 is 0 Å². The van der Waals surface area contributed by atoms with Gasteiger partial charge in [-0.3, -0.25) is 14.6 Å². The third-order valence-electron chi connectivity index (χ3n) is 6.29. The van der Waals surface area contributed by atoms with Gasteiger partial charge in [-0.05, 0) is 44.2 Å². The Kier molecular flexibility index (Phi) is 8.75. The number of hydrogen-bond acceptors (Lipinski definition) is 6. The van der Waals surface area contributed by atoms with Crippen molar-refractivity contribution in [2.24, 2.45) is 22.2 Å². The Balaban J connectivity index is 1.96. The molecule has 36 heavy (non-hydrogen) atoms. The molecule has 1 fully saturated rings. The maximum Gasteiger partial charge on any atom is 0.241 e. The standard InChI is InChI=1S/C24H35N7O4S/c1-30(2)19-12-5-9-17-16(19)8-6-13-21(17)36(34,35)29-18(10-7-14-28-24(26)27)23(33)31-15-4-3-11-20(31)22(25)32/h5-6,8-9,12-13,18,20,29H,3-4,7,10-11,14-15H2,1-2H3,(H2,25,32)(H4,26,27,28)/t18-,20+/m0/s1. The Morgan fingerprint density at radius 3 is 2.47 bits per heavy atom. The predicted octanol–water partition coefficient (Wildman–Crippen LogP) is 0.473. The monoisotopic (exact) mass is 517 g/mol. The molecule has 196 valence electrons. The van der Waals surface area contributed by atoms with Gasteiger partial charge >= 0.3 is 0 Å². The van der Waals surface area contributed by atoms with Crippen LogP contribution in [0.25, 0.3) is 10.8 Å². The SMILES string of the molecule is CN(C)c1cccc2c(S(=O)(=O)N[C@@H](CCCN=C(N)N)C(=O)N3CCCC[C@@H]3C(N)=O)cccc12. The van der Waals surface area contributed by atoms with Crippen molar-refractivity contribution in [3.8, 4) is 0 Å². The molecule has 0 aliphatic carbocycles. The van der Waals surface area contributed by atoms with E-state index in [9.17, 15) is 18.0 Å². The molecule has 0 aromatic heterocycles. The highest BCUT2D eigenvalue weighted by molar-refractivity contribution is 7.89. The maximum atomic E-state index is 13.6. The maximum absolute atomic E-state index is 13.6. The molecule has 1 heterocycles. The van der Waals surface area contributed by atoms with Crippen molar-refractivity contribution in [3.05, 3.63) is 36.4 Å². The Morgan fingerprint density at radius 1 is 1.11 bits per heavy atom. The Hall–Kier alpha value is -3.38. The first kappa shape index (κ1) is 27.2. The fourth-order valence-electron chi connectivity index (χ4n) is 4.57. The molecule has 3 rings (SSSR count). The van der Waals surface area contributed by atoms with E-state index >= 15 is 0 Å². The lowest BCUT2D eigenvalue weighted by atomic mass is 9.99. The van der Waals surface area contributed by atoms with Gasteiger partial charge in [-0.2, -0.15) is 4.72 Å². The normalized spacial score (nSPS) is 16.9. The van der Waals surface area contributed by atoms with Gasteiger partial charge in [0.25, 0.3) is 0 Å².